The van der Waals surface area contributed by atoms with E-state index in [9.17, 15) is 25.9 Å². The van der Waals surface area contributed by atoms with Crippen LogP contribution in [0.15, 0.2) is 128 Å². The highest BCUT2D eigenvalue weighted by atomic mass is 32.2. The van der Waals surface area contributed by atoms with Crippen LogP contribution < -0.4 is 9.80 Å². The van der Waals surface area contributed by atoms with Crippen LogP contribution in [0.3, 0.4) is 0 Å². The van der Waals surface area contributed by atoms with Gasteiger partial charge in [0, 0.05) is 63.9 Å². The van der Waals surface area contributed by atoms with Crippen molar-refractivity contribution >= 4 is 60.2 Å². The van der Waals surface area contributed by atoms with Crippen LogP contribution in [-0.2, 0) is 31.1 Å². The molecule has 3 heterocycles. The smallest absolute Gasteiger partial charge is 0.261 e. The van der Waals surface area contributed by atoms with E-state index in [1.54, 1.807) is 4.90 Å². The maximum absolute atomic E-state index is 11.4. The van der Waals surface area contributed by atoms with Gasteiger partial charge in [-0.1, -0.05) is 74.5 Å². The quantitative estimate of drug-likeness (QED) is 0.0581. The molecule has 11 nitrogen and oxygen atoms in total. The van der Waals surface area contributed by atoms with Crippen LogP contribution in [0, 0.1) is 0 Å². The maximum Gasteiger partial charge on any atom is 0.261 e. The number of allylic oxidation sites excluding steroid dienone is 7. The molecule has 0 bridgehead atoms. The van der Waals surface area contributed by atoms with Crippen molar-refractivity contribution in [3.63, 3.8) is 0 Å². The number of quaternary nitrogens is 1. The summed E-state index contributed by atoms with van der Waals surface area (Å²) in [4.78, 5) is 9.86. The molecule has 7 rings (SSSR count). The van der Waals surface area contributed by atoms with E-state index in [1.807, 2.05) is 48.5 Å². The van der Waals surface area contributed by atoms with Gasteiger partial charge in [0.15, 0.2) is 11.3 Å². The molecule has 0 fully saturated rings. The number of unbranched alkanes of at least 4 members (excludes halogenated alkanes) is 2. The lowest BCUT2D eigenvalue weighted by Gasteiger charge is -2.27. The zero-order chi connectivity index (χ0) is 47.0. The molecule has 1 N–H and O–H groups in total. The number of thioether (sulfide) groups is 1. The molecule has 0 unspecified atom stereocenters. The van der Waals surface area contributed by atoms with Gasteiger partial charge in [-0.25, -0.2) is 21.8 Å². The number of hydrogen-bond acceptors (Lipinski definition) is 10. The Morgan fingerprint density at radius 1 is 0.769 bits per heavy atom. The molecule has 0 spiro atoms. The molecule has 3 aromatic carbocycles. The monoisotopic (exact) mass is 942 g/mol. The molecule has 0 atom stereocenters. The molecule has 65 heavy (non-hydrogen) atoms. The predicted molar refractivity (Wildman–Crippen MR) is 262 cm³/mol. The highest BCUT2D eigenvalue weighted by Crippen LogP contribution is 2.49. The highest BCUT2D eigenvalue weighted by molar-refractivity contribution is 8.03. The lowest BCUT2D eigenvalue weighted by Crippen LogP contribution is -3.11. The lowest BCUT2D eigenvalue weighted by molar-refractivity contribution is -0.894. The summed E-state index contributed by atoms with van der Waals surface area (Å²) in [5.74, 6) is -0.753. The number of oxazole rings is 1. The number of nitrogens with zero attached hydrogens (tertiary/aromatic N) is 3. The van der Waals surface area contributed by atoms with Gasteiger partial charge in [-0.3, -0.25) is 0 Å². The Morgan fingerprint density at radius 2 is 1.40 bits per heavy atom. The zero-order valence-corrected chi connectivity index (χ0v) is 41.5. The number of benzene rings is 3. The Balaban J connectivity index is 0.000000925. The minimum atomic E-state index is -4.28. The fraction of sp³-hybridized carbons (Fsp3) is 0.451. The molecule has 1 aliphatic carbocycles. The van der Waals surface area contributed by atoms with E-state index in [0.717, 1.165) is 69.2 Å². The van der Waals surface area contributed by atoms with Crippen molar-refractivity contribution in [3.8, 4) is 0 Å². The van der Waals surface area contributed by atoms with Crippen molar-refractivity contribution in [2.45, 2.75) is 109 Å². The second kappa shape index (κ2) is 21.5. The SMILES string of the molecule is CC1(C)C(/C=C/C2=C(Sc3nc4ccccc4o3)C(=C/C=C3\N(CCCCS(=O)(=O)[O-])c4ccccc4C3(C)C)/CCC2)=[N+](CCCCS(=O)(=O)[O-])c2ccccc21.CC[NH+](CC)CC. The van der Waals surface area contributed by atoms with Crippen LogP contribution >= 0.6 is 11.8 Å². The molecule has 1 aromatic heterocycles. The second-order valence-electron chi connectivity index (χ2n) is 18.1. The molecule has 4 aromatic rings. The summed E-state index contributed by atoms with van der Waals surface area (Å²) in [6.07, 6.45) is 13.2. The minimum absolute atomic E-state index is 0.295. The summed E-state index contributed by atoms with van der Waals surface area (Å²) >= 11 is 1.53. The van der Waals surface area contributed by atoms with Crippen molar-refractivity contribution in [1.29, 1.82) is 0 Å². The fourth-order valence-electron chi connectivity index (χ4n) is 9.30. The van der Waals surface area contributed by atoms with E-state index >= 15 is 0 Å². The van der Waals surface area contributed by atoms with Crippen LogP contribution in [-0.4, -0.2) is 85.4 Å². The van der Waals surface area contributed by atoms with Gasteiger partial charge in [0.1, 0.15) is 12.1 Å². The van der Waals surface area contributed by atoms with Crippen molar-refractivity contribution in [2.24, 2.45) is 0 Å². The molecular weight excluding hydrogens is 877 g/mol. The van der Waals surface area contributed by atoms with Gasteiger partial charge in [0.05, 0.1) is 45.3 Å². The van der Waals surface area contributed by atoms with Gasteiger partial charge in [-0.15, -0.1) is 0 Å². The predicted octanol–water partition coefficient (Wildman–Crippen LogP) is 9.18. The molecule has 0 saturated heterocycles. The Labute approximate surface area is 391 Å². The first kappa shape index (κ1) is 50.1. The largest absolute Gasteiger partial charge is 0.748 e. The third kappa shape index (κ3) is 12.4. The highest BCUT2D eigenvalue weighted by Gasteiger charge is 2.44. The van der Waals surface area contributed by atoms with Crippen LogP contribution in [0.5, 0.6) is 0 Å². The van der Waals surface area contributed by atoms with Crippen molar-refractivity contribution in [1.82, 2.24) is 4.98 Å². The Hall–Kier alpha value is -4.31. The Bertz CT molecular complexity index is 2670. The van der Waals surface area contributed by atoms with E-state index < -0.39 is 20.2 Å². The van der Waals surface area contributed by atoms with E-state index in [-0.39, 0.29) is 22.3 Å². The Kier molecular flexibility index (Phi) is 16.6. The van der Waals surface area contributed by atoms with Crippen molar-refractivity contribution in [3.05, 3.63) is 130 Å². The number of fused-ring (bicyclic) bond motifs is 3. The summed E-state index contributed by atoms with van der Waals surface area (Å²) in [5.41, 5.74) is 9.92. The average molecular weight is 943 g/mol. The molecule has 0 amide bonds. The van der Waals surface area contributed by atoms with Gasteiger partial charge < -0.3 is 23.3 Å². The number of anilines is 1. The summed E-state index contributed by atoms with van der Waals surface area (Å²) in [5, 5.41) is 0.558. The number of aromatic nitrogens is 1. The number of rotatable bonds is 18. The standard InChI is InChI=1S/C45H51N3O7S3.C6H15N/c1-44(2)34-18-5-8-21-37(34)47(28-11-13-30-57(49,50)51)40(44)26-24-32-16-15-17-33(42(32)56-43-46-36-20-7-10-23-39(36)55-43)25-27-41-45(3,4)35-19-6-9-22-38(35)48(41)29-12-14-31-58(52,53)54;1-4-7(5-2)6-3/h5-10,18-27H,11-17,28-31H2,1-4H3,(H-,49,50,51,52,53,54);4-6H2,1-3H3. The molecule has 0 radical (unpaired) electrons. The second-order valence-corrected chi connectivity index (χ2v) is 22.1. The Morgan fingerprint density at radius 3 is 2.06 bits per heavy atom. The molecule has 350 valence electrons. The van der Waals surface area contributed by atoms with Gasteiger partial charge in [0.2, 0.25) is 5.69 Å². The van der Waals surface area contributed by atoms with E-state index in [2.05, 4.69) is 107 Å². The van der Waals surface area contributed by atoms with Crippen LogP contribution in [0.25, 0.3) is 11.1 Å². The van der Waals surface area contributed by atoms with Crippen LogP contribution in [0.4, 0.5) is 11.4 Å². The normalized spacial score (nSPS) is 18.3. The number of nitrogens with one attached hydrogen (secondary N) is 1. The first-order valence-electron chi connectivity index (χ1n) is 23.1. The van der Waals surface area contributed by atoms with Crippen LogP contribution in [0.2, 0.25) is 0 Å². The fourth-order valence-corrected chi connectivity index (χ4v) is 11.5. The van der Waals surface area contributed by atoms with Crippen molar-refractivity contribution < 1.29 is 39.8 Å². The average Bonchev–Trinajstić information content (AvgIpc) is 3.84. The minimum Gasteiger partial charge on any atom is -0.748 e. The van der Waals surface area contributed by atoms with E-state index in [1.165, 1.54) is 42.5 Å². The molecule has 14 heteroatoms. The first-order valence-corrected chi connectivity index (χ1v) is 27.0. The molecule has 0 saturated carbocycles. The van der Waals surface area contributed by atoms with Crippen LogP contribution in [0.1, 0.15) is 105 Å². The summed E-state index contributed by atoms with van der Waals surface area (Å²) in [6.45, 7) is 20.5. The third-order valence-corrected chi connectivity index (χ3v) is 15.6. The summed E-state index contributed by atoms with van der Waals surface area (Å²) in [7, 11) is -8.57. The lowest BCUT2D eigenvalue weighted by atomic mass is 9.81. The molecular formula is C51H66N4O7S3. The molecule has 3 aliphatic rings. The van der Waals surface area contributed by atoms with Gasteiger partial charge in [0.25, 0.3) is 5.22 Å². The zero-order valence-electron chi connectivity index (χ0n) is 39.1. The van der Waals surface area contributed by atoms with E-state index in [4.69, 9.17) is 9.40 Å². The van der Waals surface area contributed by atoms with E-state index in [0.29, 0.717) is 44.0 Å². The summed E-state index contributed by atoms with van der Waals surface area (Å²) < 4.78 is 76.8. The van der Waals surface area contributed by atoms with Gasteiger partial charge in [-0.2, -0.15) is 4.58 Å². The van der Waals surface area contributed by atoms with Gasteiger partial charge in [-0.05, 0) is 126 Å². The van der Waals surface area contributed by atoms with Gasteiger partial charge >= 0.3 is 0 Å². The topological polar surface area (TPSA) is 151 Å². The van der Waals surface area contributed by atoms with Crippen molar-refractivity contribution in [2.75, 3.05) is 49.1 Å². The molecule has 2 aliphatic heterocycles. The number of hydrogen-bond donors (Lipinski definition) is 1. The third-order valence-electron chi connectivity index (χ3n) is 13.0. The maximum atomic E-state index is 11.4. The first-order chi connectivity index (χ1) is 30.9. The number of para-hydroxylation sites is 4. The summed E-state index contributed by atoms with van der Waals surface area (Å²) in [6, 6.07) is 24.4.